The van der Waals surface area contributed by atoms with Crippen molar-refractivity contribution in [2.24, 2.45) is 23.2 Å². The maximum Gasteiger partial charge on any atom is 0.315 e. The summed E-state index contributed by atoms with van der Waals surface area (Å²) >= 11 is 12.3. The molecule has 0 radical (unpaired) electrons. The van der Waals surface area contributed by atoms with Gasteiger partial charge in [0.05, 0.1) is 42.8 Å². The Bertz CT molecular complexity index is 896. The normalized spacial score (nSPS) is 35.9. The number of hydrogen-bond acceptors (Lipinski definition) is 3. The predicted octanol–water partition coefficient (Wildman–Crippen LogP) is 4.01. The van der Waals surface area contributed by atoms with Gasteiger partial charge in [-0.25, -0.2) is 0 Å². The largest absolute Gasteiger partial charge is 0.461 e. The topological polar surface area (TPSA) is 34.0 Å². The van der Waals surface area contributed by atoms with Crippen LogP contribution in [0.25, 0.3) is 0 Å². The van der Waals surface area contributed by atoms with Crippen LogP contribution in [-0.2, 0) is 9.53 Å². The molecule has 5 rings (SSSR count). The Hall–Kier alpha value is -1.23. The van der Waals surface area contributed by atoms with Crippen molar-refractivity contribution in [1.82, 2.24) is 0 Å². The zero-order valence-electron chi connectivity index (χ0n) is 18.5. The molecule has 0 amide bonds. The monoisotopic (exact) mass is 463 g/mol. The fraction of sp³-hybridized carbons (Fsp3) is 0.640. The average molecular weight is 464 g/mol. The third-order valence-electron chi connectivity index (χ3n) is 8.33. The van der Waals surface area contributed by atoms with Gasteiger partial charge in [-0.3, -0.25) is 4.79 Å². The summed E-state index contributed by atoms with van der Waals surface area (Å²) in [6, 6.07) is 5.85. The number of quaternary nitrogens is 1. The molecule has 4 aliphatic rings. The second kappa shape index (κ2) is 8.28. The van der Waals surface area contributed by atoms with E-state index in [1.54, 1.807) is 5.57 Å². The number of esters is 1. The van der Waals surface area contributed by atoms with Crippen LogP contribution in [0, 0.1) is 23.2 Å². The molecular weight excluding hydrogens is 431 g/mol. The SMILES string of the molecule is C[C@H]1CCC[C@]2(C)C[C@H]3OC(=O)[C@H](C[NH+]4CCN(c5ccc(Cl)c(Cl)c5)CC4)[C@H]3C=C12. The number of anilines is 1. The molecule has 0 spiro atoms. The maximum atomic E-state index is 12.9. The van der Waals surface area contributed by atoms with Crippen molar-refractivity contribution >= 4 is 34.9 Å². The zero-order chi connectivity index (χ0) is 21.8. The molecule has 2 aliphatic heterocycles. The highest BCUT2D eigenvalue weighted by atomic mass is 35.5. The van der Waals surface area contributed by atoms with Gasteiger partial charge in [-0.1, -0.05) is 55.1 Å². The number of ether oxygens (including phenoxy) is 1. The first-order valence-corrected chi connectivity index (χ1v) is 12.6. The minimum absolute atomic E-state index is 0.00250. The van der Waals surface area contributed by atoms with Gasteiger partial charge in [0.1, 0.15) is 12.0 Å². The van der Waals surface area contributed by atoms with E-state index in [0.29, 0.717) is 16.0 Å². The molecule has 1 N–H and O–H groups in total. The third-order valence-corrected chi connectivity index (χ3v) is 9.07. The smallest absolute Gasteiger partial charge is 0.315 e. The van der Waals surface area contributed by atoms with E-state index in [0.717, 1.165) is 44.8 Å². The van der Waals surface area contributed by atoms with Crippen LogP contribution in [0.1, 0.15) is 39.5 Å². The minimum atomic E-state index is 0.00250. The standard InChI is InChI=1S/C25H32Cl2N2O2/c1-16-4-3-7-25(2)14-23-18(13-20(16)25)19(24(30)31-23)15-28-8-10-29(11-9-28)17-5-6-21(26)22(27)12-17/h5-6,12-13,16,18-19,23H,3-4,7-11,14-15H2,1-2H3/p+1/t16-,18+,19+,23+,25+/m0/s1. The van der Waals surface area contributed by atoms with E-state index in [4.69, 9.17) is 27.9 Å². The Morgan fingerprint density at radius 2 is 2.00 bits per heavy atom. The van der Waals surface area contributed by atoms with E-state index in [2.05, 4.69) is 24.8 Å². The Morgan fingerprint density at radius 1 is 1.23 bits per heavy atom. The van der Waals surface area contributed by atoms with Gasteiger partial charge >= 0.3 is 5.97 Å². The average Bonchev–Trinajstić information content (AvgIpc) is 3.03. The summed E-state index contributed by atoms with van der Waals surface area (Å²) in [7, 11) is 0. The van der Waals surface area contributed by atoms with Gasteiger partial charge in [0.25, 0.3) is 0 Å². The second-order valence-corrected chi connectivity index (χ2v) is 11.2. The minimum Gasteiger partial charge on any atom is -0.461 e. The highest BCUT2D eigenvalue weighted by Crippen LogP contribution is 2.53. The number of piperazine rings is 1. The molecule has 0 bridgehead atoms. The van der Waals surface area contributed by atoms with Crippen molar-refractivity contribution in [3.63, 3.8) is 0 Å². The molecule has 0 aromatic heterocycles. The molecule has 2 heterocycles. The zero-order valence-corrected chi connectivity index (χ0v) is 20.0. The molecule has 5 atom stereocenters. The summed E-state index contributed by atoms with van der Waals surface area (Å²) in [5.74, 6) is 0.929. The van der Waals surface area contributed by atoms with Crippen LogP contribution in [-0.4, -0.2) is 44.8 Å². The van der Waals surface area contributed by atoms with Crippen LogP contribution in [0.4, 0.5) is 5.69 Å². The van der Waals surface area contributed by atoms with Gasteiger partial charge in [0.15, 0.2) is 0 Å². The number of nitrogens with one attached hydrogen (secondary N) is 1. The summed E-state index contributed by atoms with van der Waals surface area (Å²) in [6.45, 7) is 9.59. The molecule has 2 aliphatic carbocycles. The van der Waals surface area contributed by atoms with Crippen LogP contribution in [0.3, 0.4) is 0 Å². The maximum absolute atomic E-state index is 12.9. The van der Waals surface area contributed by atoms with Crippen LogP contribution in [0.2, 0.25) is 10.0 Å². The Labute approximate surface area is 195 Å². The molecule has 31 heavy (non-hydrogen) atoms. The highest BCUT2D eigenvalue weighted by molar-refractivity contribution is 6.42. The lowest BCUT2D eigenvalue weighted by molar-refractivity contribution is -0.903. The number of carbonyl (C=O) groups excluding carboxylic acids is 1. The molecule has 2 saturated heterocycles. The lowest BCUT2D eigenvalue weighted by atomic mass is 9.59. The number of allylic oxidation sites excluding steroid dienone is 1. The van der Waals surface area contributed by atoms with Crippen molar-refractivity contribution < 1.29 is 14.4 Å². The van der Waals surface area contributed by atoms with Gasteiger partial charge in [0, 0.05) is 11.6 Å². The molecular formula is C25H33Cl2N2O2+. The molecule has 1 aromatic rings. The third kappa shape index (κ3) is 4.00. The van der Waals surface area contributed by atoms with Gasteiger partial charge < -0.3 is 14.5 Å². The van der Waals surface area contributed by atoms with Gasteiger partial charge in [-0.15, -0.1) is 0 Å². The molecule has 168 valence electrons. The molecule has 0 unspecified atom stereocenters. The number of hydrogen-bond donors (Lipinski definition) is 1. The summed E-state index contributed by atoms with van der Waals surface area (Å²) in [5, 5.41) is 1.19. The Balaban J connectivity index is 1.25. The first kappa shape index (κ1) is 21.6. The molecule has 1 saturated carbocycles. The van der Waals surface area contributed by atoms with Crippen LogP contribution in [0.5, 0.6) is 0 Å². The number of rotatable bonds is 3. The molecule has 6 heteroatoms. The van der Waals surface area contributed by atoms with E-state index in [1.807, 2.05) is 18.2 Å². The fourth-order valence-electron chi connectivity index (χ4n) is 6.56. The lowest BCUT2D eigenvalue weighted by Gasteiger charge is -2.46. The summed E-state index contributed by atoms with van der Waals surface area (Å²) < 4.78 is 5.95. The molecule has 3 fully saturated rings. The van der Waals surface area contributed by atoms with E-state index in [-0.39, 0.29) is 29.3 Å². The predicted molar refractivity (Wildman–Crippen MR) is 125 cm³/mol. The second-order valence-electron chi connectivity index (χ2n) is 10.4. The van der Waals surface area contributed by atoms with Crippen LogP contribution < -0.4 is 9.80 Å². The molecule has 1 aromatic carbocycles. The number of fused-ring (bicyclic) bond motifs is 2. The van der Waals surface area contributed by atoms with Gasteiger partial charge in [0.2, 0.25) is 0 Å². The Kier molecular flexibility index (Phi) is 5.77. The number of carbonyl (C=O) groups is 1. The summed E-state index contributed by atoms with van der Waals surface area (Å²) in [4.78, 5) is 16.7. The van der Waals surface area contributed by atoms with Crippen molar-refractivity contribution in [2.45, 2.75) is 45.6 Å². The van der Waals surface area contributed by atoms with Crippen molar-refractivity contribution in [3.8, 4) is 0 Å². The van der Waals surface area contributed by atoms with Crippen molar-refractivity contribution in [2.75, 3.05) is 37.6 Å². The van der Waals surface area contributed by atoms with E-state index in [1.165, 1.54) is 24.2 Å². The lowest BCUT2D eigenvalue weighted by Crippen LogP contribution is -3.15. The van der Waals surface area contributed by atoms with Crippen molar-refractivity contribution in [3.05, 3.63) is 39.9 Å². The van der Waals surface area contributed by atoms with Gasteiger partial charge in [-0.2, -0.15) is 0 Å². The van der Waals surface area contributed by atoms with Crippen molar-refractivity contribution in [1.29, 1.82) is 0 Å². The highest BCUT2D eigenvalue weighted by Gasteiger charge is 2.52. The van der Waals surface area contributed by atoms with E-state index < -0.39 is 0 Å². The first-order chi connectivity index (χ1) is 14.8. The fourth-order valence-corrected chi connectivity index (χ4v) is 6.85. The van der Waals surface area contributed by atoms with Crippen LogP contribution >= 0.6 is 23.2 Å². The number of benzene rings is 1. The van der Waals surface area contributed by atoms with E-state index >= 15 is 0 Å². The number of halogens is 2. The van der Waals surface area contributed by atoms with E-state index in [9.17, 15) is 4.79 Å². The first-order valence-electron chi connectivity index (χ1n) is 11.8. The van der Waals surface area contributed by atoms with Crippen LogP contribution in [0.15, 0.2) is 29.8 Å². The Morgan fingerprint density at radius 3 is 2.74 bits per heavy atom. The number of nitrogens with zero attached hydrogens (tertiary/aromatic N) is 1. The van der Waals surface area contributed by atoms with Gasteiger partial charge in [-0.05, 0) is 48.8 Å². The quantitative estimate of drug-likeness (QED) is 0.542. The summed E-state index contributed by atoms with van der Waals surface area (Å²) in [5.41, 5.74) is 2.95. The molecule has 4 nitrogen and oxygen atoms in total. The summed E-state index contributed by atoms with van der Waals surface area (Å²) in [6.07, 6.45) is 7.36.